The fraction of sp³-hybridized carbons (Fsp3) is 0.558. The van der Waals surface area contributed by atoms with Crippen molar-refractivity contribution in [3.63, 3.8) is 0 Å². The standard InChI is InChI=1S/C41H40F18N2O13S6.C2H6.K.H2/c1-5-9-17-73-75(62)32(79(69,70)40(56,57)36(46,47)34(42,43)38(50,51)52)77(65,66)24-13-16-27(31-25-14-11-22(60-7-3)19-28(25)74-29-20-23(61-8-4)12-15-26(29)31)30(21-24)78(67,68)33(76(63,64)18-10-6-2)80(71,72)41(58,59)37(48,49)35(44,45)39(53,54)55;1-2;;/h11-16,19-21,32-33,60H,5-10,17-18H2,1-4H3;1-2H3;;1H/q;;+1;. The van der Waals surface area contributed by atoms with E-state index in [1.807, 2.05) is 13.8 Å². The smallest absolute Gasteiger partial charge is 0.456 e. The van der Waals surface area contributed by atoms with Crippen LogP contribution in [0.1, 0.15) is 68.7 Å². The average Bonchev–Trinajstić information content (AvgIpc) is 3.55. The van der Waals surface area contributed by atoms with Gasteiger partial charge < -0.3 is 9.73 Å². The van der Waals surface area contributed by atoms with Gasteiger partial charge in [-0.1, -0.05) is 46.6 Å². The molecular weight excluding hydrogens is 1330 g/mol. The molecule has 1 aliphatic heterocycles. The first-order chi connectivity index (χ1) is 37.1. The predicted molar refractivity (Wildman–Crippen MR) is 261 cm³/mol. The fourth-order valence-electron chi connectivity index (χ4n) is 7.13. The van der Waals surface area contributed by atoms with Crippen molar-refractivity contribution < 1.29 is 187 Å². The summed E-state index contributed by atoms with van der Waals surface area (Å²) in [6, 6.07) is 4.87. The maximum atomic E-state index is 15.9. The number of nitrogens with one attached hydrogen (secondary N) is 1. The number of sulfone groups is 5. The summed E-state index contributed by atoms with van der Waals surface area (Å²) in [5.41, 5.74) is -3.47. The van der Waals surface area contributed by atoms with Gasteiger partial charge in [0.15, 0.2) is 20.9 Å². The van der Waals surface area contributed by atoms with Crippen molar-refractivity contribution in [1.82, 2.24) is 0 Å². The minimum atomic E-state index is -8.92. The Bertz CT molecular complexity index is 3650. The molecule has 0 saturated heterocycles. The third kappa shape index (κ3) is 13.6. The largest absolute Gasteiger partial charge is 1.00 e. The minimum absolute atomic E-state index is 0. The van der Waals surface area contributed by atoms with Crippen LogP contribution in [0.2, 0.25) is 0 Å². The second-order valence-electron chi connectivity index (χ2n) is 16.8. The molecule has 0 aromatic heterocycles. The summed E-state index contributed by atoms with van der Waals surface area (Å²) in [6.45, 7) is 8.02. The second-order valence-corrected chi connectivity index (χ2v) is 30.2. The maximum Gasteiger partial charge on any atom is 1.00 e. The first-order valence-corrected chi connectivity index (χ1v) is 32.1. The van der Waals surface area contributed by atoms with Crippen LogP contribution < -0.4 is 62.1 Å². The molecule has 3 atom stereocenters. The number of fused-ring (bicyclic) bond motifs is 2. The van der Waals surface area contributed by atoms with E-state index in [0.29, 0.717) is 0 Å². The molecule has 2 aromatic rings. The van der Waals surface area contributed by atoms with Crippen molar-refractivity contribution >= 4 is 76.9 Å². The molecule has 1 aliphatic carbocycles. The van der Waals surface area contributed by atoms with Gasteiger partial charge in [0.2, 0.25) is 19.7 Å². The van der Waals surface area contributed by atoms with E-state index >= 15 is 34.8 Å². The Morgan fingerprint density at radius 3 is 1.58 bits per heavy atom. The number of rotatable bonds is 25. The molecule has 2 aromatic carbocycles. The zero-order chi connectivity index (χ0) is 63.9. The Kier molecular flexibility index (Phi) is 24.3. The third-order valence-corrected chi connectivity index (χ3v) is 27.9. The normalized spacial score (nSPS) is 15.5. The van der Waals surface area contributed by atoms with Crippen LogP contribution in [0.25, 0.3) is 33.4 Å². The summed E-state index contributed by atoms with van der Waals surface area (Å²) >= 11 is -4.85. The van der Waals surface area contributed by atoms with E-state index in [1.165, 1.54) is 20.8 Å². The number of anilines is 1. The van der Waals surface area contributed by atoms with Crippen LogP contribution in [0.4, 0.5) is 84.7 Å². The summed E-state index contributed by atoms with van der Waals surface area (Å²) in [4.78, 5) is -1.14. The van der Waals surface area contributed by atoms with E-state index in [9.17, 15) is 90.6 Å². The predicted octanol–water partition coefficient (Wildman–Crippen LogP) is 8.32. The number of nitrogens with zero attached hydrogens (tertiary/aromatic N) is 1. The van der Waals surface area contributed by atoms with E-state index < -0.39 is 196 Å². The van der Waals surface area contributed by atoms with E-state index in [0.717, 1.165) is 43.3 Å². The summed E-state index contributed by atoms with van der Waals surface area (Å²) < 4.78 is 415. The van der Waals surface area contributed by atoms with Gasteiger partial charge in [-0.25, -0.2) is 46.3 Å². The van der Waals surface area contributed by atoms with Crippen molar-refractivity contribution in [2.45, 2.75) is 131 Å². The van der Waals surface area contributed by atoms with Gasteiger partial charge in [-0.2, -0.15) is 79.0 Å². The topological polar surface area (TPSA) is 235 Å². The Labute approximate surface area is 508 Å². The molecule has 0 bridgehead atoms. The molecule has 470 valence electrons. The first-order valence-electron chi connectivity index (χ1n) is 23.1. The monoisotopic (exact) mass is 1370 g/mol. The Morgan fingerprint density at radius 1 is 0.614 bits per heavy atom. The summed E-state index contributed by atoms with van der Waals surface area (Å²) in [5, 5.41) is -14.2. The van der Waals surface area contributed by atoms with Crippen molar-refractivity contribution in [1.29, 1.82) is 0 Å². The van der Waals surface area contributed by atoms with Crippen LogP contribution in [-0.4, -0.2) is 126 Å². The van der Waals surface area contributed by atoms with Crippen LogP contribution in [-0.2, 0) is 64.4 Å². The molecule has 15 nitrogen and oxygen atoms in total. The van der Waals surface area contributed by atoms with Gasteiger partial charge >= 0.3 is 97.9 Å². The van der Waals surface area contributed by atoms with Crippen LogP contribution in [0.3, 0.4) is 0 Å². The quantitative estimate of drug-likeness (QED) is 0.0284. The molecule has 40 heteroatoms. The van der Waals surface area contributed by atoms with Gasteiger partial charge in [-0.05, 0) is 63.1 Å². The Balaban J connectivity index is 0.00000872. The fourth-order valence-corrected chi connectivity index (χ4v) is 22.7. The molecule has 4 rings (SSSR count). The van der Waals surface area contributed by atoms with E-state index in [-0.39, 0.29) is 95.5 Å². The summed E-state index contributed by atoms with van der Waals surface area (Å²) in [6.07, 6.45) is -18.2. The van der Waals surface area contributed by atoms with Gasteiger partial charge in [-0.15, -0.1) is 0 Å². The van der Waals surface area contributed by atoms with Crippen LogP contribution in [0.5, 0.6) is 0 Å². The van der Waals surface area contributed by atoms with Gasteiger partial charge in [0.05, 0.1) is 27.5 Å². The van der Waals surface area contributed by atoms with E-state index in [4.69, 9.17) is 4.42 Å². The molecule has 0 saturated carbocycles. The minimum Gasteiger partial charge on any atom is -0.456 e. The summed E-state index contributed by atoms with van der Waals surface area (Å²) in [7, 11) is -39.8. The van der Waals surface area contributed by atoms with Crippen molar-refractivity contribution in [2.24, 2.45) is 4.99 Å². The van der Waals surface area contributed by atoms with E-state index in [2.05, 4.69) is 14.5 Å². The van der Waals surface area contributed by atoms with Crippen molar-refractivity contribution in [2.75, 3.05) is 30.8 Å². The Morgan fingerprint density at radius 2 is 1.11 bits per heavy atom. The molecule has 83 heavy (non-hydrogen) atoms. The molecule has 1 heterocycles. The summed E-state index contributed by atoms with van der Waals surface area (Å²) in [5.74, 6) is -35.9. The molecule has 0 radical (unpaired) electrons. The number of halogens is 18. The first kappa shape index (κ1) is 76.3. The molecular formula is C43H48F18KN2O13S6+. The van der Waals surface area contributed by atoms with Gasteiger partial charge in [0.25, 0.3) is 27.5 Å². The number of hydrogen-bond acceptors (Lipinski definition) is 15. The zero-order valence-electron chi connectivity index (χ0n) is 43.5. The molecule has 0 fully saturated rings. The van der Waals surface area contributed by atoms with Gasteiger partial charge in [-0.3, -0.25) is 9.18 Å². The number of unbranched alkanes of at least 4 members (excludes halogenated alkanes) is 2. The molecule has 1 N–H and O–H groups in total. The molecule has 2 aliphatic rings. The number of benzene rings is 3. The molecule has 3 unspecified atom stereocenters. The van der Waals surface area contributed by atoms with Crippen molar-refractivity contribution in [3.05, 3.63) is 60.0 Å². The molecule has 0 spiro atoms. The maximum absolute atomic E-state index is 15.9. The zero-order valence-corrected chi connectivity index (χ0v) is 51.5. The molecule has 0 amide bonds. The average molecular weight is 1370 g/mol. The second kappa shape index (κ2) is 26.5. The van der Waals surface area contributed by atoms with Gasteiger partial charge in [0, 0.05) is 54.4 Å². The van der Waals surface area contributed by atoms with Crippen molar-refractivity contribution in [3.8, 4) is 22.5 Å². The SMILES string of the molecule is CC.CCCCOS(=O)C(S(=O)(=O)c1ccc(-c2c3ccc(=NCC)cc-3oc3cc(NCC)ccc23)c(S(=O)(=O)C(S(=O)(=O)CCCC)S(=O)(=O)C(F)(F)C(F)(F)C(F)(F)C(F)(F)F)c1)S(=O)(=O)C(F)(F)C(F)(F)C(F)(F)C(F)(F)F.[HH].[K+]. The van der Waals surface area contributed by atoms with Crippen LogP contribution in [0.15, 0.2) is 73.8 Å². The van der Waals surface area contributed by atoms with Gasteiger partial charge in [0.1, 0.15) is 11.3 Å². The number of alkyl halides is 18. The van der Waals surface area contributed by atoms with Crippen LogP contribution in [0, 0.1) is 0 Å². The third-order valence-electron chi connectivity index (χ3n) is 11.2. The van der Waals surface area contributed by atoms with Crippen LogP contribution >= 0.6 is 0 Å². The number of hydrogen-bond donors (Lipinski definition) is 1. The van der Waals surface area contributed by atoms with E-state index in [1.54, 1.807) is 0 Å². The Hall–Kier alpha value is -2.83.